The smallest absolute Gasteiger partial charge is 0.240 e. The van der Waals surface area contributed by atoms with Crippen molar-refractivity contribution in [3.63, 3.8) is 0 Å². The third-order valence-corrected chi connectivity index (χ3v) is 4.01. The monoisotopic (exact) mass is 311 g/mol. The molecule has 0 atom stereocenters. The standard InChI is InChI=1S/C12H17N5O3S/c1-17-9-14-12(16-17)8-15-21(18,19)11-4-2-10(3-5-11)20-7-6-13/h2-5,9,15H,6-8,13H2,1H3. The second-order valence-corrected chi connectivity index (χ2v) is 6.03. The van der Waals surface area contributed by atoms with E-state index >= 15 is 0 Å². The number of aromatic nitrogens is 3. The second kappa shape index (κ2) is 6.66. The van der Waals surface area contributed by atoms with Crippen molar-refractivity contribution >= 4 is 10.0 Å². The van der Waals surface area contributed by atoms with Gasteiger partial charge in [-0.15, -0.1) is 0 Å². The van der Waals surface area contributed by atoms with E-state index in [0.717, 1.165) is 0 Å². The van der Waals surface area contributed by atoms with Crippen LogP contribution in [0.1, 0.15) is 5.82 Å². The van der Waals surface area contributed by atoms with Gasteiger partial charge < -0.3 is 10.5 Å². The van der Waals surface area contributed by atoms with Gasteiger partial charge in [0, 0.05) is 13.6 Å². The van der Waals surface area contributed by atoms with Gasteiger partial charge in [-0.2, -0.15) is 5.10 Å². The lowest BCUT2D eigenvalue weighted by Crippen LogP contribution is -2.24. The fourth-order valence-corrected chi connectivity index (χ4v) is 2.58. The third-order valence-electron chi connectivity index (χ3n) is 2.59. The summed E-state index contributed by atoms with van der Waals surface area (Å²) in [6.07, 6.45) is 1.51. The summed E-state index contributed by atoms with van der Waals surface area (Å²) < 4.78 is 33.4. The molecule has 0 saturated carbocycles. The highest BCUT2D eigenvalue weighted by molar-refractivity contribution is 7.89. The molecule has 2 rings (SSSR count). The van der Waals surface area contributed by atoms with Crippen LogP contribution in [0.3, 0.4) is 0 Å². The minimum atomic E-state index is -3.61. The first-order valence-corrected chi connectivity index (χ1v) is 7.77. The Morgan fingerprint density at radius 1 is 1.33 bits per heavy atom. The Hall–Kier alpha value is -1.97. The average molecular weight is 311 g/mol. The molecule has 114 valence electrons. The number of nitrogens with one attached hydrogen (secondary N) is 1. The molecule has 0 saturated heterocycles. The van der Waals surface area contributed by atoms with Crippen molar-refractivity contribution in [2.75, 3.05) is 13.2 Å². The first kappa shape index (κ1) is 15.4. The first-order valence-electron chi connectivity index (χ1n) is 6.28. The minimum absolute atomic E-state index is 0.0363. The van der Waals surface area contributed by atoms with Crippen LogP contribution in [0.15, 0.2) is 35.5 Å². The maximum atomic E-state index is 12.1. The zero-order valence-electron chi connectivity index (χ0n) is 11.6. The van der Waals surface area contributed by atoms with E-state index in [2.05, 4.69) is 14.8 Å². The molecular weight excluding hydrogens is 294 g/mol. The van der Waals surface area contributed by atoms with Crippen LogP contribution in [0.5, 0.6) is 5.75 Å². The highest BCUT2D eigenvalue weighted by Gasteiger charge is 2.14. The topological polar surface area (TPSA) is 112 Å². The molecular formula is C12H17N5O3S. The van der Waals surface area contributed by atoms with Crippen molar-refractivity contribution in [2.24, 2.45) is 12.8 Å². The number of ether oxygens (including phenoxy) is 1. The minimum Gasteiger partial charge on any atom is -0.492 e. The van der Waals surface area contributed by atoms with Crippen molar-refractivity contribution in [2.45, 2.75) is 11.4 Å². The summed E-state index contributed by atoms with van der Waals surface area (Å²) in [5.74, 6) is 0.981. The quantitative estimate of drug-likeness (QED) is 0.721. The van der Waals surface area contributed by atoms with Crippen LogP contribution in [0.4, 0.5) is 0 Å². The Kier molecular flexibility index (Phi) is 4.89. The summed E-state index contributed by atoms with van der Waals surface area (Å²) in [4.78, 5) is 4.10. The summed E-state index contributed by atoms with van der Waals surface area (Å²) in [6, 6.07) is 6.12. The van der Waals surface area contributed by atoms with Crippen molar-refractivity contribution in [1.82, 2.24) is 19.5 Å². The third kappa shape index (κ3) is 4.25. The van der Waals surface area contributed by atoms with Gasteiger partial charge in [-0.1, -0.05) is 0 Å². The van der Waals surface area contributed by atoms with Gasteiger partial charge in [-0.3, -0.25) is 4.68 Å². The second-order valence-electron chi connectivity index (χ2n) is 4.27. The van der Waals surface area contributed by atoms with Crippen molar-refractivity contribution in [1.29, 1.82) is 0 Å². The maximum Gasteiger partial charge on any atom is 0.240 e. The number of hydrogen-bond acceptors (Lipinski definition) is 6. The Labute approximate surface area is 123 Å². The van der Waals surface area contributed by atoms with Crippen molar-refractivity contribution in [3.05, 3.63) is 36.4 Å². The summed E-state index contributed by atoms with van der Waals surface area (Å²) in [7, 11) is -1.89. The Balaban J connectivity index is 2.01. The summed E-state index contributed by atoms with van der Waals surface area (Å²) in [6.45, 7) is 0.822. The number of nitrogens with zero attached hydrogens (tertiary/aromatic N) is 3. The molecule has 2 aromatic rings. The van der Waals surface area contributed by atoms with Crippen LogP contribution in [-0.4, -0.2) is 36.3 Å². The Bertz CT molecular complexity index is 681. The first-order chi connectivity index (χ1) is 10.0. The van der Waals surface area contributed by atoms with Gasteiger partial charge in [0.2, 0.25) is 10.0 Å². The molecule has 0 aliphatic carbocycles. The molecule has 0 aliphatic rings. The molecule has 0 fully saturated rings. The van der Waals surface area contributed by atoms with Crippen LogP contribution >= 0.6 is 0 Å². The van der Waals surface area contributed by atoms with Crippen LogP contribution in [0.2, 0.25) is 0 Å². The molecule has 0 radical (unpaired) electrons. The number of aryl methyl sites for hydroxylation is 1. The van der Waals surface area contributed by atoms with E-state index in [1.807, 2.05) is 0 Å². The van der Waals surface area contributed by atoms with E-state index in [9.17, 15) is 8.42 Å². The molecule has 1 heterocycles. The zero-order valence-corrected chi connectivity index (χ0v) is 12.4. The van der Waals surface area contributed by atoms with Crippen LogP contribution in [0, 0.1) is 0 Å². The summed E-state index contributed by atoms with van der Waals surface area (Å²) >= 11 is 0. The number of rotatable bonds is 7. The van der Waals surface area contributed by atoms with Gasteiger partial charge in [-0.25, -0.2) is 18.1 Å². The molecule has 3 N–H and O–H groups in total. The molecule has 9 heteroatoms. The van der Waals surface area contributed by atoms with Crippen LogP contribution in [-0.2, 0) is 23.6 Å². The zero-order chi connectivity index (χ0) is 15.3. The van der Waals surface area contributed by atoms with Gasteiger partial charge >= 0.3 is 0 Å². The van der Waals surface area contributed by atoms with E-state index in [4.69, 9.17) is 10.5 Å². The van der Waals surface area contributed by atoms with Crippen LogP contribution in [0.25, 0.3) is 0 Å². The van der Waals surface area contributed by atoms with Gasteiger partial charge in [0.1, 0.15) is 18.7 Å². The Morgan fingerprint density at radius 3 is 2.62 bits per heavy atom. The number of hydrogen-bond donors (Lipinski definition) is 2. The van der Waals surface area contributed by atoms with Crippen molar-refractivity contribution in [3.8, 4) is 5.75 Å². The normalized spacial score (nSPS) is 11.5. The molecule has 0 bridgehead atoms. The van der Waals surface area contributed by atoms with E-state index in [-0.39, 0.29) is 11.4 Å². The van der Waals surface area contributed by atoms with Gasteiger partial charge in [-0.05, 0) is 24.3 Å². The van der Waals surface area contributed by atoms with Gasteiger partial charge in [0.15, 0.2) is 5.82 Å². The van der Waals surface area contributed by atoms with E-state index in [1.165, 1.54) is 23.1 Å². The van der Waals surface area contributed by atoms with Gasteiger partial charge in [0.05, 0.1) is 11.4 Å². The van der Waals surface area contributed by atoms with Gasteiger partial charge in [0.25, 0.3) is 0 Å². The number of nitrogens with two attached hydrogens (primary N) is 1. The average Bonchev–Trinajstić information content (AvgIpc) is 2.89. The number of sulfonamides is 1. The molecule has 1 aromatic carbocycles. The highest BCUT2D eigenvalue weighted by atomic mass is 32.2. The van der Waals surface area contributed by atoms with Crippen molar-refractivity contribution < 1.29 is 13.2 Å². The molecule has 0 amide bonds. The molecule has 21 heavy (non-hydrogen) atoms. The fraction of sp³-hybridized carbons (Fsp3) is 0.333. The largest absolute Gasteiger partial charge is 0.492 e. The number of benzene rings is 1. The highest BCUT2D eigenvalue weighted by Crippen LogP contribution is 2.15. The fourth-order valence-electron chi connectivity index (χ4n) is 1.60. The SMILES string of the molecule is Cn1cnc(CNS(=O)(=O)c2ccc(OCCN)cc2)n1. The van der Waals surface area contributed by atoms with Crippen LogP contribution < -0.4 is 15.2 Å². The maximum absolute atomic E-state index is 12.1. The predicted octanol–water partition coefficient (Wildman–Crippen LogP) is -0.369. The lowest BCUT2D eigenvalue weighted by atomic mass is 10.3. The van der Waals surface area contributed by atoms with E-state index in [1.54, 1.807) is 19.2 Å². The molecule has 0 spiro atoms. The van der Waals surface area contributed by atoms with E-state index in [0.29, 0.717) is 24.7 Å². The molecule has 8 nitrogen and oxygen atoms in total. The molecule has 0 aliphatic heterocycles. The summed E-state index contributed by atoms with van der Waals surface area (Å²) in [5, 5.41) is 4.00. The lowest BCUT2D eigenvalue weighted by Gasteiger charge is -2.07. The molecule has 0 unspecified atom stereocenters. The predicted molar refractivity (Wildman–Crippen MR) is 76.0 cm³/mol. The lowest BCUT2D eigenvalue weighted by molar-refractivity contribution is 0.328. The molecule has 1 aromatic heterocycles. The van der Waals surface area contributed by atoms with E-state index < -0.39 is 10.0 Å². The Morgan fingerprint density at radius 2 is 2.05 bits per heavy atom. The summed E-state index contributed by atoms with van der Waals surface area (Å²) in [5.41, 5.74) is 5.33.